The van der Waals surface area contributed by atoms with E-state index in [1.54, 1.807) is 0 Å². The van der Waals surface area contributed by atoms with Crippen molar-refractivity contribution >= 4 is 0 Å². The molecule has 2 rings (SSSR count). The second kappa shape index (κ2) is 7.21. The van der Waals surface area contributed by atoms with E-state index < -0.39 is 0 Å². The van der Waals surface area contributed by atoms with Gasteiger partial charge in [-0.2, -0.15) is 0 Å². The number of piperazine rings is 1. The highest BCUT2D eigenvalue weighted by Crippen LogP contribution is 2.15. The van der Waals surface area contributed by atoms with Crippen LogP contribution in [0.4, 0.5) is 0 Å². The highest BCUT2D eigenvalue weighted by Gasteiger charge is 2.12. The summed E-state index contributed by atoms with van der Waals surface area (Å²) in [6.07, 6.45) is 0. The van der Waals surface area contributed by atoms with Crippen LogP contribution in [0.5, 0.6) is 0 Å². The molecule has 0 spiro atoms. The van der Waals surface area contributed by atoms with Gasteiger partial charge in [-0.3, -0.25) is 4.90 Å². The van der Waals surface area contributed by atoms with Crippen molar-refractivity contribution in [1.82, 2.24) is 15.1 Å². The predicted molar refractivity (Wildman–Crippen MR) is 86.3 cm³/mol. The number of nitrogens with zero attached hydrogens (tertiary/aromatic N) is 2. The molecule has 0 unspecified atom stereocenters. The van der Waals surface area contributed by atoms with Crippen LogP contribution in [-0.2, 0) is 6.54 Å². The molecule has 1 saturated heterocycles. The van der Waals surface area contributed by atoms with Gasteiger partial charge in [0.15, 0.2) is 0 Å². The predicted octanol–water partition coefficient (Wildman–Crippen LogP) is 1.95. The Kier molecular flexibility index (Phi) is 5.58. The highest BCUT2D eigenvalue weighted by molar-refractivity contribution is 5.37. The zero-order chi connectivity index (χ0) is 14.5. The maximum absolute atomic E-state index is 3.61. The van der Waals surface area contributed by atoms with E-state index >= 15 is 0 Å². The van der Waals surface area contributed by atoms with Gasteiger partial charge in [0, 0.05) is 45.8 Å². The van der Waals surface area contributed by atoms with Gasteiger partial charge in [-0.05, 0) is 44.5 Å². The third kappa shape index (κ3) is 4.30. The molecular formula is C17H29N3. The molecule has 1 aliphatic rings. The van der Waals surface area contributed by atoms with E-state index in [1.165, 1.54) is 48.4 Å². The van der Waals surface area contributed by atoms with Gasteiger partial charge in [-0.1, -0.05) is 17.7 Å². The summed E-state index contributed by atoms with van der Waals surface area (Å²) in [5.41, 5.74) is 5.65. The van der Waals surface area contributed by atoms with E-state index in [2.05, 4.69) is 55.1 Å². The minimum Gasteiger partial charge on any atom is -0.311 e. The number of rotatable bonds is 5. The van der Waals surface area contributed by atoms with Crippen molar-refractivity contribution in [2.45, 2.75) is 27.3 Å². The van der Waals surface area contributed by atoms with Crippen molar-refractivity contribution in [3.05, 3.63) is 34.4 Å². The summed E-state index contributed by atoms with van der Waals surface area (Å²) >= 11 is 0. The molecule has 3 nitrogen and oxygen atoms in total. The molecule has 3 heteroatoms. The first-order chi connectivity index (χ1) is 9.56. The SMILES string of the molecule is Cc1cc(C)c(CNCCN2CCN(C)CC2)c(C)c1. The summed E-state index contributed by atoms with van der Waals surface area (Å²) in [5.74, 6) is 0. The van der Waals surface area contributed by atoms with Crippen LogP contribution in [0.15, 0.2) is 12.1 Å². The van der Waals surface area contributed by atoms with Gasteiger partial charge < -0.3 is 10.2 Å². The van der Waals surface area contributed by atoms with Crippen LogP contribution in [0.25, 0.3) is 0 Å². The molecule has 0 aromatic heterocycles. The molecule has 1 heterocycles. The molecule has 1 aromatic rings. The lowest BCUT2D eigenvalue weighted by molar-refractivity contribution is 0.154. The van der Waals surface area contributed by atoms with E-state index in [-0.39, 0.29) is 0 Å². The summed E-state index contributed by atoms with van der Waals surface area (Å²) in [6.45, 7) is 14.7. The van der Waals surface area contributed by atoms with Crippen LogP contribution < -0.4 is 5.32 Å². The smallest absolute Gasteiger partial charge is 0.0211 e. The topological polar surface area (TPSA) is 18.5 Å². The maximum Gasteiger partial charge on any atom is 0.0211 e. The second-order valence-electron chi connectivity index (χ2n) is 6.20. The normalized spacial score (nSPS) is 17.6. The fraction of sp³-hybridized carbons (Fsp3) is 0.647. The standard InChI is InChI=1S/C17H29N3/c1-14-11-15(2)17(16(3)12-14)13-18-5-6-20-9-7-19(4)8-10-20/h11-12,18H,5-10,13H2,1-4H3. The van der Waals surface area contributed by atoms with Crippen molar-refractivity contribution in [2.75, 3.05) is 46.3 Å². The zero-order valence-corrected chi connectivity index (χ0v) is 13.5. The lowest BCUT2D eigenvalue weighted by atomic mass is 10.00. The largest absolute Gasteiger partial charge is 0.311 e. The number of aryl methyl sites for hydroxylation is 3. The number of hydrogen-bond donors (Lipinski definition) is 1. The van der Waals surface area contributed by atoms with Crippen molar-refractivity contribution in [1.29, 1.82) is 0 Å². The first-order valence-electron chi connectivity index (χ1n) is 7.74. The van der Waals surface area contributed by atoms with Crippen molar-refractivity contribution in [2.24, 2.45) is 0 Å². The quantitative estimate of drug-likeness (QED) is 0.829. The highest BCUT2D eigenvalue weighted by atomic mass is 15.2. The van der Waals surface area contributed by atoms with Gasteiger partial charge in [0.05, 0.1) is 0 Å². The van der Waals surface area contributed by atoms with Gasteiger partial charge in [-0.25, -0.2) is 0 Å². The summed E-state index contributed by atoms with van der Waals surface area (Å²) in [4.78, 5) is 4.96. The van der Waals surface area contributed by atoms with Gasteiger partial charge in [0.2, 0.25) is 0 Å². The Bertz CT molecular complexity index is 411. The minimum atomic E-state index is 0.992. The van der Waals surface area contributed by atoms with Crippen LogP contribution >= 0.6 is 0 Å². The third-order valence-electron chi connectivity index (χ3n) is 4.34. The molecule has 1 aliphatic heterocycles. The summed E-state index contributed by atoms with van der Waals surface area (Å²) in [5, 5.41) is 3.61. The van der Waals surface area contributed by atoms with Crippen LogP contribution in [0, 0.1) is 20.8 Å². The Balaban J connectivity index is 1.74. The second-order valence-corrected chi connectivity index (χ2v) is 6.20. The van der Waals surface area contributed by atoms with Crippen LogP contribution in [-0.4, -0.2) is 56.1 Å². The molecule has 1 fully saturated rings. The summed E-state index contributed by atoms with van der Waals surface area (Å²) in [6, 6.07) is 4.56. The number of likely N-dealkylation sites (N-methyl/N-ethyl adjacent to an activating group) is 1. The Labute approximate surface area is 124 Å². The number of nitrogens with one attached hydrogen (secondary N) is 1. The van der Waals surface area contributed by atoms with E-state index in [9.17, 15) is 0 Å². The van der Waals surface area contributed by atoms with Crippen molar-refractivity contribution < 1.29 is 0 Å². The molecule has 0 aliphatic carbocycles. The molecule has 1 N–H and O–H groups in total. The van der Waals surface area contributed by atoms with Gasteiger partial charge in [-0.15, -0.1) is 0 Å². The summed E-state index contributed by atoms with van der Waals surface area (Å²) in [7, 11) is 2.21. The molecule has 20 heavy (non-hydrogen) atoms. The fourth-order valence-corrected chi connectivity index (χ4v) is 3.01. The average molecular weight is 275 g/mol. The van der Waals surface area contributed by atoms with Gasteiger partial charge in [0.25, 0.3) is 0 Å². The van der Waals surface area contributed by atoms with E-state index in [0.29, 0.717) is 0 Å². The molecule has 0 bridgehead atoms. The average Bonchev–Trinajstić information content (AvgIpc) is 2.39. The first kappa shape index (κ1) is 15.5. The van der Waals surface area contributed by atoms with Crippen LogP contribution in [0.3, 0.4) is 0 Å². The Morgan fingerprint density at radius 2 is 1.60 bits per heavy atom. The number of benzene rings is 1. The molecular weight excluding hydrogens is 246 g/mol. The van der Waals surface area contributed by atoms with Crippen LogP contribution in [0.1, 0.15) is 22.3 Å². The van der Waals surface area contributed by atoms with Crippen molar-refractivity contribution in [3.63, 3.8) is 0 Å². The Morgan fingerprint density at radius 3 is 2.20 bits per heavy atom. The molecule has 0 saturated carbocycles. The Morgan fingerprint density at radius 1 is 1.00 bits per heavy atom. The third-order valence-corrected chi connectivity index (χ3v) is 4.34. The van der Waals surface area contributed by atoms with E-state index in [4.69, 9.17) is 0 Å². The van der Waals surface area contributed by atoms with Gasteiger partial charge in [0.1, 0.15) is 0 Å². The molecule has 0 atom stereocenters. The number of hydrogen-bond acceptors (Lipinski definition) is 3. The van der Waals surface area contributed by atoms with E-state index in [1.807, 2.05) is 0 Å². The fourth-order valence-electron chi connectivity index (χ4n) is 3.01. The first-order valence-corrected chi connectivity index (χ1v) is 7.74. The molecule has 0 amide bonds. The summed E-state index contributed by atoms with van der Waals surface area (Å²) < 4.78 is 0. The van der Waals surface area contributed by atoms with Crippen LogP contribution in [0.2, 0.25) is 0 Å². The van der Waals surface area contributed by atoms with Gasteiger partial charge >= 0.3 is 0 Å². The molecule has 112 valence electrons. The maximum atomic E-state index is 3.61. The monoisotopic (exact) mass is 275 g/mol. The minimum absolute atomic E-state index is 0.992. The molecule has 1 aromatic carbocycles. The van der Waals surface area contributed by atoms with E-state index in [0.717, 1.165) is 19.6 Å². The lowest BCUT2D eigenvalue weighted by Crippen LogP contribution is -2.46. The molecule has 0 radical (unpaired) electrons. The zero-order valence-electron chi connectivity index (χ0n) is 13.5. The lowest BCUT2D eigenvalue weighted by Gasteiger charge is -2.32. The Hall–Kier alpha value is -0.900. The van der Waals surface area contributed by atoms with Crippen molar-refractivity contribution in [3.8, 4) is 0 Å².